The fourth-order valence-electron chi connectivity index (χ4n) is 1.68. The van der Waals surface area contributed by atoms with E-state index in [-0.39, 0.29) is 23.2 Å². The van der Waals surface area contributed by atoms with E-state index in [1.807, 2.05) is 0 Å². The molecule has 1 amide bonds. The number of nitrogens with zero attached hydrogens (tertiary/aromatic N) is 2. The van der Waals surface area contributed by atoms with Crippen molar-refractivity contribution >= 4 is 28.9 Å². The zero-order valence-electron chi connectivity index (χ0n) is 10.8. The molecule has 0 aliphatic carbocycles. The second kappa shape index (κ2) is 5.75. The lowest BCUT2D eigenvalue weighted by atomic mass is 10.2. The number of hydrogen-bond donors (Lipinski definition) is 2. The Bertz CT molecular complexity index is 692. The van der Waals surface area contributed by atoms with Gasteiger partial charge in [0, 0.05) is 24.1 Å². The number of hydrogen-bond acceptors (Lipinski definition) is 4. The number of amides is 1. The topological polar surface area (TPSA) is 90.0 Å². The van der Waals surface area contributed by atoms with E-state index in [9.17, 15) is 9.59 Å². The number of carbonyl (C=O) groups excluding carboxylic acids is 1. The molecule has 20 heavy (non-hydrogen) atoms. The average Bonchev–Trinajstić information content (AvgIpc) is 2.38. The van der Waals surface area contributed by atoms with Gasteiger partial charge < -0.3 is 15.6 Å². The van der Waals surface area contributed by atoms with Gasteiger partial charge >= 0.3 is 0 Å². The third-order valence-corrected chi connectivity index (χ3v) is 2.98. The molecular weight excluding hydrogens is 280 g/mol. The smallest absolute Gasteiger partial charge is 0.251 e. The van der Waals surface area contributed by atoms with Crippen LogP contribution in [-0.2, 0) is 11.3 Å². The lowest BCUT2D eigenvalue weighted by Gasteiger charge is -2.10. The average molecular weight is 293 g/mol. The van der Waals surface area contributed by atoms with Crippen molar-refractivity contribution in [2.24, 2.45) is 0 Å². The molecular formula is C13H13ClN4O2. The molecule has 2 aromatic heterocycles. The summed E-state index contributed by atoms with van der Waals surface area (Å²) in [7, 11) is 0. The number of nitrogens with one attached hydrogen (secondary N) is 1. The first-order valence-corrected chi connectivity index (χ1v) is 6.22. The summed E-state index contributed by atoms with van der Waals surface area (Å²) in [5, 5.41) is 2.85. The zero-order chi connectivity index (χ0) is 14.7. The van der Waals surface area contributed by atoms with Crippen molar-refractivity contribution in [1.82, 2.24) is 9.55 Å². The summed E-state index contributed by atoms with van der Waals surface area (Å²) < 4.78 is 1.23. The molecule has 0 fully saturated rings. The summed E-state index contributed by atoms with van der Waals surface area (Å²) in [5.74, 6) is -0.379. The normalized spacial score (nSPS) is 10.3. The quantitative estimate of drug-likeness (QED) is 0.837. The van der Waals surface area contributed by atoms with Crippen molar-refractivity contribution in [2.45, 2.75) is 13.5 Å². The molecule has 0 unspecified atom stereocenters. The number of aromatic nitrogens is 2. The fraction of sp³-hybridized carbons (Fsp3) is 0.154. The molecule has 0 aliphatic rings. The molecule has 2 aromatic rings. The fourth-order valence-corrected chi connectivity index (χ4v) is 1.93. The van der Waals surface area contributed by atoms with Gasteiger partial charge in [0.15, 0.2) is 5.15 Å². The van der Waals surface area contributed by atoms with Gasteiger partial charge in [-0.05, 0) is 24.6 Å². The zero-order valence-corrected chi connectivity index (χ0v) is 11.5. The highest BCUT2D eigenvalue weighted by atomic mass is 35.5. The molecule has 0 bridgehead atoms. The Morgan fingerprint density at radius 2 is 2.20 bits per heavy atom. The van der Waals surface area contributed by atoms with Gasteiger partial charge in [0.25, 0.3) is 5.56 Å². The SMILES string of the molecule is Cc1ccnc(Cl)c1NC(=O)Cn1cc(N)ccc1=O. The van der Waals surface area contributed by atoms with E-state index in [0.29, 0.717) is 11.4 Å². The predicted octanol–water partition coefficient (Wildman–Crippen LogP) is 1.43. The Morgan fingerprint density at radius 1 is 1.45 bits per heavy atom. The van der Waals surface area contributed by atoms with Crippen molar-refractivity contribution in [3.63, 3.8) is 0 Å². The van der Waals surface area contributed by atoms with Crippen LogP contribution in [0, 0.1) is 6.92 Å². The molecule has 0 radical (unpaired) electrons. The largest absolute Gasteiger partial charge is 0.398 e. The van der Waals surface area contributed by atoms with Crippen LogP contribution in [0.2, 0.25) is 5.15 Å². The van der Waals surface area contributed by atoms with Gasteiger partial charge in [0.1, 0.15) is 6.54 Å². The van der Waals surface area contributed by atoms with Crippen LogP contribution in [0.1, 0.15) is 5.56 Å². The van der Waals surface area contributed by atoms with E-state index in [4.69, 9.17) is 17.3 Å². The van der Waals surface area contributed by atoms with E-state index in [1.165, 1.54) is 22.9 Å². The Balaban J connectivity index is 2.17. The lowest BCUT2D eigenvalue weighted by Crippen LogP contribution is -2.27. The third kappa shape index (κ3) is 3.16. The number of halogens is 1. The Labute approximate surface area is 120 Å². The molecule has 0 saturated heterocycles. The van der Waals surface area contributed by atoms with Gasteiger partial charge in [-0.15, -0.1) is 0 Å². The van der Waals surface area contributed by atoms with Crippen molar-refractivity contribution in [2.75, 3.05) is 11.1 Å². The Kier molecular flexibility index (Phi) is 4.05. The molecule has 104 valence electrons. The number of pyridine rings is 2. The molecule has 2 rings (SSSR count). The summed E-state index contributed by atoms with van der Waals surface area (Å²) in [6.07, 6.45) is 2.97. The first-order chi connectivity index (χ1) is 9.47. The van der Waals surface area contributed by atoms with Gasteiger partial charge in [0.2, 0.25) is 5.91 Å². The molecule has 0 saturated carbocycles. The van der Waals surface area contributed by atoms with Gasteiger partial charge in [-0.25, -0.2) is 4.98 Å². The van der Waals surface area contributed by atoms with Crippen molar-refractivity contribution < 1.29 is 4.79 Å². The second-order valence-electron chi connectivity index (χ2n) is 4.27. The van der Waals surface area contributed by atoms with Gasteiger partial charge in [0.05, 0.1) is 5.69 Å². The highest BCUT2D eigenvalue weighted by Crippen LogP contribution is 2.22. The van der Waals surface area contributed by atoms with Crippen LogP contribution >= 0.6 is 11.6 Å². The first-order valence-electron chi connectivity index (χ1n) is 5.84. The Hall–Kier alpha value is -2.34. The van der Waals surface area contributed by atoms with Crippen LogP contribution in [0.5, 0.6) is 0 Å². The van der Waals surface area contributed by atoms with Gasteiger partial charge in [-0.2, -0.15) is 0 Å². The van der Waals surface area contributed by atoms with Crippen LogP contribution in [0.4, 0.5) is 11.4 Å². The first kappa shape index (κ1) is 14.1. The monoisotopic (exact) mass is 292 g/mol. The van der Waals surface area contributed by atoms with Crippen molar-refractivity contribution in [3.8, 4) is 0 Å². The summed E-state index contributed by atoms with van der Waals surface area (Å²) in [4.78, 5) is 27.4. The van der Waals surface area contributed by atoms with E-state index in [2.05, 4.69) is 10.3 Å². The van der Waals surface area contributed by atoms with E-state index in [1.54, 1.807) is 19.2 Å². The van der Waals surface area contributed by atoms with Crippen LogP contribution in [-0.4, -0.2) is 15.5 Å². The van der Waals surface area contributed by atoms with Crippen LogP contribution in [0.15, 0.2) is 35.4 Å². The molecule has 0 aromatic carbocycles. The number of nitrogen functional groups attached to an aromatic ring is 1. The minimum atomic E-state index is -0.379. The highest BCUT2D eigenvalue weighted by molar-refractivity contribution is 6.32. The van der Waals surface area contributed by atoms with Crippen LogP contribution in [0.25, 0.3) is 0 Å². The third-order valence-electron chi connectivity index (χ3n) is 2.70. The van der Waals surface area contributed by atoms with Gasteiger partial charge in [-0.1, -0.05) is 11.6 Å². The van der Waals surface area contributed by atoms with Crippen molar-refractivity contribution in [1.29, 1.82) is 0 Å². The van der Waals surface area contributed by atoms with Crippen molar-refractivity contribution in [3.05, 3.63) is 51.7 Å². The number of anilines is 2. The number of nitrogens with two attached hydrogens (primary N) is 1. The summed E-state index contributed by atoms with van der Waals surface area (Å²) in [5.41, 5.74) is 6.92. The standard InChI is InChI=1S/C13H13ClN4O2/c1-8-4-5-16-13(14)12(8)17-10(19)7-18-6-9(15)2-3-11(18)20/h2-6H,7,15H2,1H3,(H,17,19). The van der Waals surface area contributed by atoms with E-state index < -0.39 is 0 Å². The predicted molar refractivity (Wildman–Crippen MR) is 77.7 cm³/mol. The van der Waals surface area contributed by atoms with Crippen LogP contribution < -0.4 is 16.6 Å². The summed E-state index contributed by atoms with van der Waals surface area (Å²) in [6, 6.07) is 4.53. The molecule has 3 N–H and O–H groups in total. The molecule has 2 heterocycles. The highest BCUT2D eigenvalue weighted by Gasteiger charge is 2.10. The number of carbonyl (C=O) groups is 1. The molecule has 0 spiro atoms. The molecule has 0 aliphatic heterocycles. The Morgan fingerprint density at radius 3 is 2.90 bits per heavy atom. The summed E-state index contributed by atoms with van der Waals surface area (Å²) >= 11 is 5.92. The minimum Gasteiger partial charge on any atom is -0.398 e. The number of rotatable bonds is 3. The number of aryl methyl sites for hydroxylation is 1. The maximum absolute atomic E-state index is 12.0. The molecule has 7 heteroatoms. The lowest BCUT2D eigenvalue weighted by molar-refractivity contribution is -0.116. The van der Waals surface area contributed by atoms with Crippen LogP contribution in [0.3, 0.4) is 0 Å². The molecule has 0 atom stereocenters. The molecule has 6 nitrogen and oxygen atoms in total. The maximum Gasteiger partial charge on any atom is 0.251 e. The van der Waals surface area contributed by atoms with Gasteiger partial charge in [-0.3, -0.25) is 9.59 Å². The maximum atomic E-state index is 12.0. The summed E-state index contributed by atoms with van der Waals surface area (Å²) in [6.45, 7) is 1.66. The van der Waals surface area contributed by atoms with E-state index in [0.717, 1.165) is 5.56 Å². The van der Waals surface area contributed by atoms with E-state index >= 15 is 0 Å². The minimum absolute atomic E-state index is 0.144. The second-order valence-corrected chi connectivity index (χ2v) is 4.63.